The van der Waals surface area contributed by atoms with Gasteiger partial charge >= 0.3 is 12.4 Å². The van der Waals surface area contributed by atoms with Crippen LogP contribution in [-0.4, -0.2) is 47.3 Å². The molecule has 160 valence electrons. The van der Waals surface area contributed by atoms with Crippen molar-refractivity contribution in [1.82, 2.24) is 15.2 Å². The van der Waals surface area contributed by atoms with E-state index in [0.29, 0.717) is 31.6 Å². The van der Waals surface area contributed by atoms with E-state index in [9.17, 15) is 27.2 Å². The van der Waals surface area contributed by atoms with Crippen molar-refractivity contribution in [2.45, 2.75) is 25.2 Å². The Bertz CT molecular complexity index is 897. The molecule has 30 heavy (non-hydrogen) atoms. The van der Waals surface area contributed by atoms with Gasteiger partial charge in [-0.25, -0.2) is 9.18 Å². The Balaban J connectivity index is 1.45. The minimum absolute atomic E-state index is 0.164. The third kappa shape index (κ3) is 6.06. The number of piperidine rings is 1. The normalized spacial score (nSPS) is 14.9. The second kappa shape index (κ2) is 8.97. The molecule has 3 rings (SSSR count). The molecule has 1 aliphatic heterocycles. The number of alkyl halides is 3. The Hall–Kier alpha value is -3.37. The number of aromatic nitrogens is 1. The second-order valence-electron chi connectivity index (χ2n) is 6.63. The van der Waals surface area contributed by atoms with Crippen LogP contribution in [0.15, 0.2) is 42.7 Å². The molecule has 2 heterocycles. The van der Waals surface area contributed by atoms with Gasteiger partial charge in [-0.05, 0) is 43.2 Å². The summed E-state index contributed by atoms with van der Waals surface area (Å²) in [5.74, 6) is -1.31. The van der Waals surface area contributed by atoms with Gasteiger partial charge in [-0.15, -0.1) is 13.2 Å². The third-order valence-electron chi connectivity index (χ3n) is 4.41. The van der Waals surface area contributed by atoms with Gasteiger partial charge in [0.1, 0.15) is 11.6 Å². The van der Waals surface area contributed by atoms with Crippen molar-refractivity contribution in [3.05, 3.63) is 54.1 Å². The average molecular weight is 426 g/mol. The highest BCUT2D eigenvalue weighted by molar-refractivity contribution is 5.94. The summed E-state index contributed by atoms with van der Waals surface area (Å²) in [6.07, 6.45) is -1.47. The molecule has 0 atom stereocenters. The Kier molecular flexibility index (Phi) is 6.38. The zero-order valence-electron chi connectivity index (χ0n) is 15.6. The van der Waals surface area contributed by atoms with Gasteiger partial charge in [0.05, 0.1) is 11.8 Å². The van der Waals surface area contributed by atoms with Gasteiger partial charge in [0, 0.05) is 31.0 Å². The number of likely N-dealkylation sites (tertiary alicyclic amines) is 1. The van der Waals surface area contributed by atoms with Crippen molar-refractivity contribution >= 4 is 17.6 Å². The predicted octanol–water partition coefficient (Wildman–Crippen LogP) is 3.55. The number of amides is 3. The minimum Gasteiger partial charge on any atom is -0.406 e. The largest absolute Gasteiger partial charge is 0.573 e. The SMILES string of the molecule is O=C(Nc1ccc(OC(F)(F)F)cc1)NC1CCN(C(=O)c2cncc(F)c2)CC1. The summed E-state index contributed by atoms with van der Waals surface area (Å²) < 4.78 is 53.5. The highest BCUT2D eigenvalue weighted by Crippen LogP contribution is 2.24. The summed E-state index contributed by atoms with van der Waals surface area (Å²) in [7, 11) is 0. The number of hydrogen-bond donors (Lipinski definition) is 2. The van der Waals surface area contributed by atoms with Crippen LogP contribution in [0.4, 0.5) is 28.0 Å². The monoisotopic (exact) mass is 426 g/mol. The highest BCUT2D eigenvalue weighted by atomic mass is 19.4. The van der Waals surface area contributed by atoms with Gasteiger partial charge in [-0.1, -0.05) is 0 Å². The Labute approximate surface area is 169 Å². The lowest BCUT2D eigenvalue weighted by Gasteiger charge is -2.32. The second-order valence-corrected chi connectivity index (χ2v) is 6.63. The van der Waals surface area contributed by atoms with E-state index >= 15 is 0 Å². The number of pyridine rings is 1. The summed E-state index contributed by atoms with van der Waals surface area (Å²) in [5.41, 5.74) is 0.463. The van der Waals surface area contributed by atoms with Crippen LogP contribution in [0.2, 0.25) is 0 Å². The molecule has 1 fully saturated rings. The number of benzene rings is 1. The standard InChI is InChI=1S/C19H18F4N4O3/c20-13-9-12(10-24-11-13)17(28)27-7-5-15(6-8-27)26-18(29)25-14-1-3-16(4-2-14)30-19(21,22)23/h1-4,9-11,15H,5-8H2,(H2,25,26,29). The molecule has 0 saturated carbocycles. The molecule has 0 aliphatic carbocycles. The van der Waals surface area contributed by atoms with Crippen LogP contribution in [0.5, 0.6) is 5.75 Å². The summed E-state index contributed by atoms with van der Waals surface area (Å²) in [4.78, 5) is 29.7. The van der Waals surface area contributed by atoms with Crippen molar-refractivity contribution in [2.24, 2.45) is 0 Å². The van der Waals surface area contributed by atoms with Crippen molar-refractivity contribution < 1.29 is 31.9 Å². The fourth-order valence-corrected chi connectivity index (χ4v) is 3.03. The molecule has 0 unspecified atom stereocenters. The Morgan fingerprint density at radius 1 is 1.10 bits per heavy atom. The van der Waals surface area contributed by atoms with Crippen molar-refractivity contribution in [3.8, 4) is 5.75 Å². The fourth-order valence-electron chi connectivity index (χ4n) is 3.03. The van der Waals surface area contributed by atoms with Crippen LogP contribution in [0, 0.1) is 5.82 Å². The number of urea groups is 1. The first-order valence-corrected chi connectivity index (χ1v) is 9.03. The number of hydrogen-bond acceptors (Lipinski definition) is 4. The fraction of sp³-hybridized carbons (Fsp3) is 0.316. The molecule has 0 bridgehead atoms. The van der Waals surface area contributed by atoms with Crippen molar-refractivity contribution in [1.29, 1.82) is 0 Å². The van der Waals surface area contributed by atoms with Gasteiger partial charge in [0.25, 0.3) is 5.91 Å². The quantitative estimate of drug-likeness (QED) is 0.733. The summed E-state index contributed by atoms with van der Waals surface area (Å²) in [6.45, 7) is 0.757. The first-order valence-electron chi connectivity index (χ1n) is 9.03. The zero-order valence-corrected chi connectivity index (χ0v) is 15.6. The molecule has 0 radical (unpaired) electrons. The number of carbonyl (C=O) groups excluding carboxylic acids is 2. The van der Waals surface area contributed by atoms with Crippen LogP contribution in [0.1, 0.15) is 23.2 Å². The molecule has 1 aromatic carbocycles. The van der Waals surface area contributed by atoms with Crippen LogP contribution < -0.4 is 15.4 Å². The summed E-state index contributed by atoms with van der Waals surface area (Å²) in [6, 6.07) is 5.18. The topological polar surface area (TPSA) is 83.6 Å². The average Bonchev–Trinajstić information content (AvgIpc) is 2.68. The molecule has 1 aromatic heterocycles. The number of ether oxygens (including phenoxy) is 1. The zero-order chi connectivity index (χ0) is 21.7. The molecule has 2 N–H and O–H groups in total. The number of carbonyl (C=O) groups is 2. The van der Waals surface area contributed by atoms with E-state index in [0.717, 1.165) is 24.4 Å². The van der Waals surface area contributed by atoms with Crippen LogP contribution in [0.25, 0.3) is 0 Å². The number of nitrogens with one attached hydrogen (secondary N) is 2. The lowest BCUT2D eigenvalue weighted by Crippen LogP contribution is -2.47. The number of rotatable bonds is 4. The lowest BCUT2D eigenvalue weighted by molar-refractivity contribution is -0.274. The first kappa shape index (κ1) is 21.3. The number of nitrogens with zero attached hydrogens (tertiary/aromatic N) is 2. The van der Waals surface area contributed by atoms with Crippen molar-refractivity contribution in [2.75, 3.05) is 18.4 Å². The van der Waals surface area contributed by atoms with Gasteiger partial charge < -0.3 is 20.3 Å². The molecule has 1 aliphatic rings. The molecule has 3 amide bonds. The maximum Gasteiger partial charge on any atom is 0.573 e. The lowest BCUT2D eigenvalue weighted by atomic mass is 10.0. The molecular weight excluding hydrogens is 408 g/mol. The molecule has 7 nitrogen and oxygen atoms in total. The first-order chi connectivity index (χ1) is 14.2. The van der Waals surface area contributed by atoms with E-state index in [1.54, 1.807) is 4.90 Å². The van der Waals surface area contributed by atoms with E-state index in [1.165, 1.54) is 18.3 Å². The van der Waals surface area contributed by atoms with Crippen LogP contribution in [0.3, 0.4) is 0 Å². The maximum absolute atomic E-state index is 13.2. The van der Waals surface area contributed by atoms with Crippen LogP contribution in [-0.2, 0) is 0 Å². The van der Waals surface area contributed by atoms with Crippen LogP contribution >= 0.6 is 0 Å². The number of anilines is 1. The van der Waals surface area contributed by atoms with Gasteiger partial charge in [0.2, 0.25) is 0 Å². The van der Waals surface area contributed by atoms with E-state index in [-0.39, 0.29) is 23.3 Å². The van der Waals surface area contributed by atoms with Gasteiger partial charge in [-0.3, -0.25) is 9.78 Å². The third-order valence-corrected chi connectivity index (χ3v) is 4.41. The van der Waals surface area contributed by atoms with Crippen molar-refractivity contribution in [3.63, 3.8) is 0 Å². The molecule has 2 aromatic rings. The Morgan fingerprint density at radius 2 is 1.77 bits per heavy atom. The van der Waals surface area contributed by atoms with E-state index in [4.69, 9.17) is 0 Å². The summed E-state index contributed by atoms with van der Waals surface area (Å²) >= 11 is 0. The van der Waals surface area contributed by atoms with Gasteiger partial charge in [-0.2, -0.15) is 0 Å². The minimum atomic E-state index is -4.78. The Morgan fingerprint density at radius 3 is 2.37 bits per heavy atom. The van der Waals surface area contributed by atoms with Gasteiger partial charge in [0.15, 0.2) is 0 Å². The van der Waals surface area contributed by atoms with E-state index in [1.807, 2.05) is 0 Å². The predicted molar refractivity (Wildman–Crippen MR) is 98.4 cm³/mol. The maximum atomic E-state index is 13.2. The highest BCUT2D eigenvalue weighted by Gasteiger charge is 2.31. The van der Waals surface area contributed by atoms with E-state index < -0.39 is 18.2 Å². The number of halogens is 4. The van der Waals surface area contributed by atoms with E-state index in [2.05, 4.69) is 20.4 Å². The molecule has 1 saturated heterocycles. The molecular formula is C19H18F4N4O3. The summed E-state index contributed by atoms with van der Waals surface area (Å²) in [5, 5.41) is 5.28. The smallest absolute Gasteiger partial charge is 0.406 e. The molecule has 11 heteroatoms. The molecule has 0 spiro atoms.